The van der Waals surface area contributed by atoms with E-state index in [4.69, 9.17) is 16.3 Å². The van der Waals surface area contributed by atoms with E-state index in [2.05, 4.69) is 12.2 Å². The van der Waals surface area contributed by atoms with Crippen molar-refractivity contribution in [2.75, 3.05) is 17.8 Å². The third-order valence-corrected chi connectivity index (χ3v) is 3.68. The van der Waals surface area contributed by atoms with Crippen LogP contribution >= 0.6 is 11.6 Å². The van der Waals surface area contributed by atoms with Crippen molar-refractivity contribution in [2.24, 2.45) is 5.92 Å². The summed E-state index contributed by atoms with van der Waals surface area (Å²) in [5.74, 6) is 2.18. The Morgan fingerprint density at radius 2 is 2.21 bits per heavy atom. The Bertz CT molecular complexity index is 448. The summed E-state index contributed by atoms with van der Waals surface area (Å²) in [4.78, 5) is 11.3. The minimum Gasteiger partial charge on any atom is -0.494 e. The molecule has 0 aromatic heterocycles. The molecular formula is C15H20ClNO2. The fourth-order valence-electron chi connectivity index (χ4n) is 2.15. The van der Waals surface area contributed by atoms with Gasteiger partial charge in [0.1, 0.15) is 5.75 Å². The number of fused-ring (bicyclic) bond motifs is 1. The third-order valence-electron chi connectivity index (χ3n) is 3.46. The smallest absolute Gasteiger partial charge is 0.224 e. The van der Waals surface area contributed by atoms with Gasteiger partial charge in [0.25, 0.3) is 0 Å². The van der Waals surface area contributed by atoms with Gasteiger partial charge in [0, 0.05) is 24.1 Å². The van der Waals surface area contributed by atoms with E-state index in [1.807, 2.05) is 18.2 Å². The van der Waals surface area contributed by atoms with Gasteiger partial charge in [-0.2, -0.15) is 0 Å². The molecule has 0 bridgehead atoms. The molecule has 0 spiro atoms. The van der Waals surface area contributed by atoms with Gasteiger partial charge in [-0.3, -0.25) is 4.79 Å². The number of halogens is 1. The monoisotopic (exact) mass is 281 g/mol. The van der Waals surface area contributed by atoms with E-state index in [1.165, 1.54) is 5.56 Å². The number of rotatable bonds is 6. The van der Waals surface area contributed by atoms with Gasteiger partial charge in [-0.15, -0.1) is 11.6 Å². The molecule has 1 unspecified atom stereocenters. The van der Waals surface area contributed by atoms with Crippen molar-refractivity contribution in [3.05, 3.63) is 23.8 Å². The molecule has 0 fully saturated rings. The van der Waals surface area contributed by atoms with Crippen LogP contribution in [-0.2, 0) is 11.2 Å². The summed E-state index contributed by atoms with van der Waals surface area (Å²) in [7, 11) is 0. The standard InChI is InChI=1S/C15H20ClNO2/c1-11(6-8-16)7-9-19-13-4-2-12-3-5-15(18)17-14(12)10-13/h2,4,10-11H,3,5-9H2,1H3,(H,17,18). The normalized spacial score (nSPS) is 15.6. The highest BCUT2D eigenvalue weighted by atomic mass is 35.5. The second-order valence-electron chi connectivity index (χ2n) is 5.09. The molecule has 1 heterocycles. The molecule has 1 aromatic carbocycles. The number of ether oxygens (including phenoxy) is 1. The highest BCUT2D eigenvalue weighted by Crippen LogP contribution is 2.27. The lowest BCUT2D eigenvalue weighted by molar-refractivity contribution is -0.116. The first kappa shape index (κ1) is 14.2. The zero-order chi connectivity index (χ0) is 13.7. The molecule has 1 atom stereocenters. The van der Waals surface area contributed by atoms with Crippen molar-refractivity contribution in [3.63, 3.8) is 0 Å². The summed E-state index contributed by atoms with van der Waals surface area (Å²) in [5.41, 5.74) is 2.07. The molecule has 104 valence electrons. The Morgan fingerprint density at radius 1 is 1.37 bits per heavy atom. The molecule has 3 nitrogen and oxygen atoms in total. The van der Waals surface area contributed by atoms with Crippen LogP contribution in [0.4, 0.5) is 5.69 Å². The van der Waals surface area contributed by atoms with Crippen LogP contribution in [0.5, 0.6) is 5.75 Å². The lowest BCUT2D eigenvalue weighted by Crippen LogP contribution is -2.18. The van der Waals surface area contributed by atoms with Crippen molar-refractivity contribution in [1.82, 2.24) is 0 Å². The number of amides is 1. The van der Waals surface area contributed by atoms with Crippen molar-refractivity contribution in [2.45, 2.75) is 32.6 Å². The first-order valence-corrected chi connectivity index (χ1v) is 7.34. The van der Waals surface area contributed by atoms with E-state index in [1.54, 1.807) is 0 Å². The summed E-state index contributed by atoms with van der Waals surface area (Å²) < 4.78 is 5.73. The molecule has 0 saturated carbocycles. The predicted molar refractivity (Wildman–Crippen MR) is 78.0 cm³/mol. The fraction of sp³-hybridized carbons (Fsp3) is 0.533. The topological polar surface area (TPSA) is 38.3 Å². The minimum absolute atomic E-state index is 0.0837. The van der Waals surface area contributed by atoms with Crippen molar-refractivity contribution >= 4 is 23.2 Å². The van der Waals surface area contributed by atoms with E-state index in [0.29, 0.717) is 24.8 Å². The van der Waals surface area contributed by atoms with Gasteiger partial charge in [-0.05, 0) is 36.8 Å². The summed E-state index contributed by atoms with van der Waals surface area (Å²) >= 11 is 5.70. The zero-order valence-electron chi connectivity index (χ0n) is 11.2. The van der Waals surface area contributed by atoms with Gasteiger partial charge < -0.3 is 10.1 Å². The van der Waals surface area contributed by atoms with Gasteiger partial charge in [-0.1, -0.05) is 13.0 Å². The fourth-order valence-corrected chi connectivity index (χ4v) is 2.52. The minimum atomic E-state index is 0.0837. The highest BCUT2D eigenvalue weighted by Gasteiger charge is 2.15. The van der Waals surface area contributed by atoms with Crippen LogP contribution in [0, 0.1) is 5.92 Å². The number of anilines is 1. The summed E-state index contributed by atoms with van der Waals surface area (Å²) in [6.07, 6.45) is 3.40. The first-order valence-electron chi connectivity index (χ1n) is 6.80. The number of hydrogen-bond donors (Lipinski definition) is 1. The molecule has 4 heteroatoms. The Labute approximate surface area is 119 Å². The number of alkyl halides is 1. The predicted octanol–water partition coefficient (Wildman–Crippen LogP) is 3.61. The molecule has 1 N–H and O–H groups in total. The van der Waals surface area contributed by atoms with Crippen molar-refractivity contribution < 1.29 is 9.53 Å². The average Bonchev–Trinajstić information content (AvgIpc) is 2.38. The molecule has 2 rings (SSSR count). The quantitative estimate of drug-likeness (QED) is 0.809. The van der Waals surface area contributed by atoms with Gasteiger partial charge in [0.15, 0.2) is 0 Å². The maximum Gasteiger partial charge on any atom is 0.224 e. The molecule has 1 aromatic rings. The Kier molecular flexibility index (Phi) is 5.08. The van der Waals surface area contributed by atoms with Crippen LogP contribution in [0.3, 0.4) is 0 Å². The van der Waals surface area contributed by atoms with Crippen LogP contribution in [0.2, 0.25) is 0 Å². The summed E-state index contributed by atoms with van der Waals surface area (Å²) in [6.45, 7) is 2.86. The lowest BCUT2D eigenvalue weighted by Gasteiger charge is -2.18. The van der Waals surface area contributed by atoms with E-state index < -0.39 is 0 Å². The largest absolute Gasteiger partial charge is 0.494 e. The van der Waals surface area contributed by atoms with Crippen molar-refractivity contribution in [1.29, 1.82) is 0 Å². The highest BCUT2D eigenvalue weighted by molar-refractivity contribution is 6.17. The molecule has 0 radical (unpaired) electrons. The molecule has 1 amide bonds. The SMILES string of the molecule is CC(CCCl)CCOc1ccc2c(c1)NC(=O)CC2. The Morgan fingerprint density at radius 3 is 3.00 bits per heavy atom. The number of nitrogens with one attached hydrogen (secondary N) is 1. The van der Waals surface area contributed by atoms with E-state index in [9.17, 15) is 4.79 Å². The second kappa shape index (κ2) is 6.80. The van der Waals surface area contributed by atoms with Crippen LogP contribution in [0.15, 0.2) is 18.2 Å². The van der Waals surface area contributed by atoms with Crippen LogP contribution in [-0.4, -0.2) is 18.4 Å². The maximum absolute atomic E-state index is 11.3. The first-order chi connectivity index (χ1) is 9.19. The van der Waals surface area contributed by atoms with E-state index >= 15 is 0 Å². The average molecular weight is 282 g/mol. The summed E-state index contributed by atoms with van der Waals surface area (Å²) in [6, 6.07) is 5.92. The molecule has 0 aliphatic carbocycles. The molecular weight excluding hydrogens is 262 g/mol. The van der Waals surface area contributed by atoms with Gasteiger partial charge in [0.05, 0.1) is 6.61 Å². The van der Waals surface area contributed by atoms with Gasteiger partial charge >= 0.3 is 0 Å². The van der Waals surface area contributed by atoms with Gasteiger partial charge in [-0.25, -0.2) is 0 Å². The summed E-state index contributed by atoms with van der Waals surface area (Å²) in [5, 5.41) is 2.88. The van der Waals surface area contributed by atoms with Crippen LogP contribution in [0.1, 0.15) is 31.7 Å². The Balaban J connectivity index is 1.88. The molecule has 0 saturated heterocycles. The molecule has 1 aliphatic heterocycles. The van der Waals surface area contributed by atoms with Crippen LogP contribution in [0.25, 0.3) is 0 Å². The lowest BCUT2D eigenvalue weighted by atomic mass is 10.0. The molecule has 1 aliphatic rings. The van der Waals surface area contributed by atoms with Crippen molar-refractivity contribution in [3.8, 4) is 5.75 Å². The maximum atomic E-state index is 11.3. The second-order valence-corrected chi connectivity index (χ2v) is 5.47. The van der Waals surface area contributed by atoms with Crippen LogP contribution < -0.4 is 10.1 Å². The number of carbonyl (C=O) groups excluding carboxylic acids is 1. The third kappa shape index (κ3) is 4.13. The number of aryl methyl sites for hydroxylation is 1. The number of carbonyl (C=O) groups is 1. The number of hydrogen-bond acceptors (Lipinski definition) is 2. The van der Waals surface area contributed by atoms with E-state index in [0.717, 1.165) is 30.7 Å². The molecule has 19 heavy (non-hydrogen) atoms. The van der Waals surface area contributed by atoms with E-state index in [-0.39, 0.29) is 5.91 Å². The van der Waals surface area contributed by atoms with Gasteiger partial charge in [0.2, 0.25) is 5.91 Å². The number of benzene rings is 1. The Hall–Kier alpha value is -1.22. The zero-order valence-corrected chi connectivity index (χ0v) is 12.0.